The first-order valence-electron chi connectivity index (χ1n) is 7.78. The highest BCUT2D eigenvalue weighted by Gasteiger charge is 2.16. The Hall–Kier alpha value is -1.44. The Bertz CT molecular complexity index is 588. The molecule has 0 heterocycles. The van der Waals surface area contributed by atoms with E-state index < -0.39 is 10.0 Å². The molecule has 0 saturated carbocycles. The number of sulfonamides is 1. The monoisotopic (exact) mass is 341 g/mol. The summed E-state index contributed by atoms with van der Waals surface area (Å²) in [6.07, 6.45) is 0.856. The number of nitrogens with one attached hydrogen (secondary N) is 1. The lowest BCUT2D eigenvalue weighted by atomic mass is 10.0. The van der Waals surface area contributed by atoms with Gasteiger partial charge in [0, 0.05) is 32.6 Å². The van der Waals surface area contributed by atoms with Crippen LogP contribution in [0.25, 0.3) is 0 Å². The van der Waals surface area contributed by atoms with Crippen molar-refractivity contribution < 1.29 is 13.2 Å². The topological polar surface area (TPSA) is 92.5 Å². The van der Waals surface area contributed by atoms with E-state index in [1.807, 2.05) is 13.8 Å². The summed E-state index contributed by atoms with van der Waals surface area (Å²) < 4.78 is 26.5. The fraction of sp³-hybridized carbons (Fsp3) is 0.562. The minimum absolute atomic E-state index is 0.0573. The molecule has 130 valence electrons. The molecule has 1 aromatic carbocycles. The SMILES string of the molecule is CC(C)C(N)CCN(C)C(=O)CCNS(=O)(=O)c1ccccc1. The predicted molar refractivity (Wildman–Crippen MR) is 91.3 cm³/mol. The number of nitrogens with two attached hydrogens (primary N) is 1. The quantitative estimate of drug-likeness (QED) is 0.705. The van der Waals surface area contributed by atoms with Gasteiger partial charge in [-0.1, -0.05) is 32.0 Å². The molecule has 0 fully saturated rings. The second kappa shape index (κ2) is 9.00. The Morgan fingerprint density at radius 1 is 1.26 bits per heavy atom. The van der Waals surface area contributed by atoms with Gasteiger partial charge in [0.2, 0.25) is 15.9 Å². The molecule has 1 aromatic rings. The maximum absolute atomic E-state index is 12.0. The summed E-state index contributed by atoms with van der Waals surface area (Å²) in [5.74, 6) is 0.271. The molecule has 1 amide bonds. The lowest BCUT2D eigenvalue weighted by Gasteiger charge is -2.21. The number of hydrogen-bond acceptors (Lipinski definition) is 4. The maximum Gasteiger partial charge on any atom is 0.240 e. The van der Waals surface area contributed by atoms with Gasteiger partial charge in [0.15, 0.2) is 0 Å². The molecule has 0 aromatic heterocycles. The molecular weight excluding hydrogens is 314 g/mol. The zero-order valence-corrected chi connectivity index (χ0v) is 14.8. The molecule has 0 aliphatic carbocycles. The van der Waals surface area contributed by atoms with Gasteiger partial charge in [-0.3, -0.25) is 4.79 Å². The molecule has 3 N–H and O–H groups in total. The van der Waals surface area contributed by atoms with Crippen LogP contribution in [0.5, 0.6) is 0 Å². The van der Waals surface area contributed by atoms with Crippen LogP contribution in [-0.2, 0) is 14.8 Å². The van der Waals surface area contributed by atoms with Crippen LogP contribution in [0, 0.1) is 5.92 Å². The van der Waals surface area contributed by atoms with Gasteiger partial charge in [-0.2, -0.15) is 0 Å². The van der Waals surface area contributed by atoms with E-state index >= 15 is 0 Å². The molecule has 0 aliphatic heterocycles. The minimum atomic E-state index is -3.56. The van der Waals surface area contributed by atoms with Crippen molar-refractivity contribution in [2.75, 3.05) is 20.1 Å². The second-order valence-corrected chi connectivity index (χ2v) is 7.74. The van der Waals surface area contributed by atoms with Gasteiger partial charge < -0.3 is 10.6 Å². The van der Waals surface area contributed by atoms with Gasteiger partial charge in [-0.15, -0.1) is 0 Å². The van der Waals surface area contributed by atoms with Crippen LogP contribution in [0.15, 0.2) is 35.2 Å². The van der Waals surface area contributed by atoms with Gasteiger partial charge in [0.05, 0.1) is 4.90 Å². The molecule has 1 unspecified atom stereocenters. The van der Waals surface area contributed by atoms with Crippen molar-refractivity contribution in [3.8, 4) is 0 Å². The Labute approximate surface area is 139 Å². The van der Waals surface area contributed by atoms with Crippen molar-refractivity contribution in [3.63, 3.8) is 0 Å². The van der Waals surface area contributed by atoms with Gasteiger partial charge in [-0.25, -0.2) is 13.1 Å². The molecule has 1 atom stereocenters. The van der Waals surface area contributed by atoms with Crippen LogP contribution in [0.4, 0.5) is 0 Å². The molecule has 23 heavy (non-hydrogen) atoms. The summed E-state index contributed by atoms with van der Waals surface area (Å²) in [4.78, 5) is 13.8. The van der Waals surface area contributed by atoms with Crippen LogP contribution in [0.2, 0.25) is 0 Å². The third-order valence-corrected chi connectivity index (χ3v) is 5.24. The van der Waals surface area contributed by atoms with Crippen molar-refractivity contribution in [3.05, 3.63) is 30.3 Å². The Balaban J connectivity index is 2.39. The van der Waals surface area contributed by atoms with E-state index in [4.69, 9.17) is 5.73 Å². The Morgan fingerprint density at radius 3 is 2.43 bits per heavy atom. The zero-order chi connectivity index (χ0) is 17.5. The highest BCUT2D eigenvalue weighted by Crippen LogP contribution is 2.07. The van der Waals surface area contributed by atoms with E-state index in [1.165, 1.54) is 12.1 Å². The van der Waals surface area contributed by atoms with Crippen LogP contribution in [0.3, 0.4) is 0 Å². The molecule has 6 nitrogen and oxygen atoms in total. The summed E-state index contributed by atoms with van der Waals surface area (Å²) in [5.41, 5.74) is 5.96. The summed E-state index contributed by atoms with van der Waals surface area (Å²) in [7, 11) is -1.85. The number of carbonyl (C=O) groups is 1. The van der Waals surface area contributed by atoms with Crippen LogP contribution in [-0.4, -0.2) is 45.4 Å². The molecule has 0 bridgehead atoms. The van der Waals surface area contributed by atoms with E-state index in [0.29, 0.717) is 12.5 Å². The number of hydrogen-bond donors (Lipinski definition) is 2. The molecule has 0 radical (unpaired) electrons. The first kappa shape index (κ1) is 19.6. The average molecular weight is 341 g/mol. The largest absolute Gasteiger partial charge is 0.346 e. The molecule has 0 aliphatic rings. The summed E-state index contributed by atoms with van der Waals surface area (Å²) in [6.45, 7) is 4.75. The van der Waals surface area contributed by atoms with Crippen LogP contribution >= 0.6 is 0 Å². The normalized spacial score (nSPS) is 13.1. The Kier molecular flexibility index (Phi) is 7.67. The number of rotatable bonds is 9. The highest BCUT2D eigenvalue weighted by atomic mass is 32.2. The number of benzene rings is 1. The predicted octanol–water partition coefficient (Wildman–Crippen LogP) is 1.19. The molecular formula is C16H27N3O3S. The van der Waals surface area contributed by atoms with E-state index in [1.54, 1.807) is 30.1 Å². The molecule has 0 saturated heterocycles. The molecule has 7 heteroatoms. The third kappa shape index (κ3) is 6.68. The van der Waals surface area contributed by atoms with E-state index in [9.17, 15) is 13.2 Å². The van der Waals surface area contributed by atoms with Gasteiger partial charge >= 0.3 is 0 Å². The van der Waals surface area contributed by atoms with E-state index in [-0.39, 0.29) is 29.8 Å². The van der Waals surface area contributed by atoms with Gasteiger partial charge in [0.25, 0.3) is 0 Å². The van der Waals surface area contributed by atoms with Crippen molar-refractivity contribution in [2.24, 2.45) is 11.7 Å². The summed E-state index contributed by atoms with van der Waals surface area (Å²) >= 11 is 0. The van der Waals surface area contributed by atoms with Gasteiger partial charge in [0.1, 0.15) is 0 Å². The van der Waals surface area contributed by atoms with E-state index in [2.05, 4.69) is 4.72 Å². The smallest absolute Gasteiger partial charge is 0.240 e. The zero-order valence-electron chi connectivity index (χ0n) is 14.0. The van der Waals surface area contributed by atoms with Crippen molar-refractivity contribution in [2.45, 2.75) is 37.6 Å². The maximum atomic E-state index is 12.0. The van der Waals surface area contributed by atoms with Crippen molar-refractivity contribution >= 4 is 15.9 Å². The minimum Gasteiger partial charge on any atom is -0.346 e. The first-order chi connectivity index (χ1) is 10.7. The lowest BCUT2D eigenvalue weighted by molar-refractivity contribution is -0.129. The fourth-order valence-electron chi connectivity index (χ4n) is 1.97. The standard InChI is InChI=1S/C16H27N3O3S/c1-13(2)15(17)10-12-19(3)16(20)9-11-18-23(21,22)14-7-5-4-6-8-14/h4-8,13,15,18H,9-12,17H2,1-3H3. The number of amides is 1. The highest BCUT2D eigenvalue weighted by molar-refractivity contribution is 7.89. The van der Waals surface area contributed by atoms with Crippen LogP contribution < -0.4 is 10.5 Å². The average Bonchev–Trinajstić information content (AvgIpc) is 2.52. The number of carbonyl (C=O) groups excluding carboxylic acids is 1. The summed E-state index contributed by atoms with van der Waals surface area (Å²) in [5, 5.41) is 0. The van der Waals surface area contributed by atoms with Crippen LogP contribution in [0.1, 0.15) is 26.7 Å². The second-order valence-electron chi connectivity index (χ2n) is 5.97. The molecule has 0 spiro atoms. The Morgan fingerprint density at radius 2 is 1.87 bits per heavy atom. The lowest BCUT2D eigenvalue weighted by Crippen LogP contribution is -2.36. The fourth-order valence-corrected chi connectivity index (χ4v) is 3.02. The van der Waals surface area contributed by atoms with E-state index in [0.717, 1.165) is 6.42 Å². The first-order valence-corrected chi connectivity index (χ1v) is 9.26. The van der Waals surface area contributed by atoms with Crippen molar-refractivity contribution in [1.82, 2.24) is 9.62 Å². The molecule has 1 rings (SSSR count). The van der Waals surface area contributed by atoms with Crippen molar-refractivity contribution in [1.29, 1.82) is 0 Å². The third-order valence-electron chi connectivity index (χ3n) is 3.76. The number of nitrogens with zero attached hydrogens (tertiary/aromatic N) is 1. The van der Waals surface area contributed by atoms with Gasteiger partial charge in [-0.05, 0) is 24.5 Å². The summed E-state index contributed by atoms with van der Waals surface area (Å²) in [6, 6.07) is 8.16.